The van der Waals surface area contributed by atoms with Crippen LogP contribution in [-0.4, -0.2) is 17.8 Å². The van der Waals surface area contributed by atoms with Gasteiger partial charge in [0, 0.05) is 11.2 Å². The Morgan fingerprint density at radius 2 is 1.91 bits per heavy atom. The van der Waals surface area contributed by atoms with Crippen molar-refractivity contribution in [3.05, 3.63) is 0 Å². The molecule has 0 aliphatic rings. The molecule has 0 saturated carbocycles. The molecule has 0 N–H and O–H groups in total. The van der Waals surface area contributed by atoms with E-state index in [9.17, 15) is 9.59 Å². The van der Waals surface area contributed by atoms with E-state index in [4.69, 9.17) is 0 Å². The van der Waals surface area contributed by atoms with Gasteiger partial charge in [-0.1, -0.05) is 13.8 Å². The number of carbonyl (C=O) groups is 2. The van der Waals surface area contributed by atoms with Gasteiger partial charge in [0.25, 0.3) is 0 Å². The van der Waals surface area contributed by atoms with E-state index in [2.05, 4.69) is 12.6 Å². The number of aldehydes is 1. The third kappa shape index (κ3) is 2.06. The molecule has 3 heteroatoms. The van der Waals surface area contributed by atoms with Gasteiger partial charge in [0.2, 0.25) is 5.78 Å². The lowest BCUT2D eigenvalue weighted by Gasteiger charge is -2.24. The van der Waals surface area contributed by atoms with E-state index in [0.29, 0.717) is 24.9 Å². The second kappa shape index (κ2) is 4.54. The third-order valence-corrected chi connectivity index (χ3v) is 2.89. The lowest BCUT2D eigenvalue weighted by Crippen LogP contribution is -2.32. The molecule has 0 aliphatic carbocycles. The second-order valence-corrected chi connectivity index (χ2v) is 2.94. The Morgan fingerprint density at radius 1 is 1.45 bits per heavy atom. The first-order valence-electron chi connectivity index (χ1n) is 3.77. The van der Waals surface area contributed by atoms with Gasteiger partial charge in [0.15, 0.2) is 6.29 Å². The summed E-state index contributed by atoms with van der Waals surface area (Å²) >= 11 is 4.08. The molecule has 64 valence electrons. The van der Waals surface area contributed by atoms with Crippen LogP contribution in [0.2, 0.25) is 0 Å². The smallest absolute Gasteiger partial charge is 0.202 e. The molecule has 0 amide bonds. The molecule has 0 aromatic rings. The summed E-state index contributed by atoms with van der Waals surface area (Å²) in [5, 5.41) is 0. The molecule has 0 atom stereocenters. The SMILES string of the molecule is CCC(CC)(CS)C(=O)C=O. The van der Waals surface area contributed by atoms with Gasteiger partial charge in [-0.05, 0) is 12.8 Å². The van der Waals surface area contributed by atoms with E-state index >= 15 is 0 Å². The quantitative estimate of drug-likeness (QED) is 0.389. The zero-order valence-electron chi connectivity index (χ0n) is 6.96. The average molecular weight is 174 g/mol. The largest absolute Gasteiger partial charge is 0.295 e. The summed E-state index contributed by atoms with van der Waals surface area (Å²) in [5.41, 5.74) is -0.509. The van der Waals surface area contributed by atoms with E-state index < -0.39 is 5.41 Å². The molecule has 0 unspecified atom stereocenters. The molecule has 0 rings (SSSR count). The van der Waals surface area contributed by atoms with E-state index in [1.54, 1.807) is 0 Å². The van der Waals surface area contributed by atoms with Crippen molar-refractivity contribution in [3.8, 4) is 0 Å². The fourth-order valence-corrected chi connectivity index (χ4v) is 1.63. The molecule has 0 radical (unpaired) electrons. The van der Waals surface area contributed by atoms with Crippen molar-refractivity contribution in [1.29, 1.82) is 0 Å². The Morgan fingerprint density at radius 3 is 2.00 bits per heavy atom. The molecule has 0 spiro atoms. The van der Waals surface area contributed by atoms with Crippen molar-refractivity contribution in [2.24, 2.45) is 5.41 Å². The number of Topliss-reactive ketones (excluding diaryl/α,β-unsaturated/α-hetero) is 1. The Labute approximate surface area is 72.8 Å². The van der Waals surface area contributed by atoms with Crippen LogP contribution in [0.25, 0.3) is 0 Å². The second-order valence-electron chi connectivity index (χ2n) is 2.63. The number of ketones is 1. The predicted octanol–water partition coefficient (Wildman–Crippen LogP) is 1.49. The zero-order valence-corrected chi connectivity index (χ0v) is 7.86. The van der Waals surface area contributed by atoms with Crippen LogP contribution in [0, 0.1) is 5.41 Å². The summed E-state index contributed by atoms with van der Waals surface area (Å²) < 4.78 is 0. The topological polar surface area (TPSA) is 34.1 Å². The van der Waals surface area contributed by atoms with Crippen LogP contribution in [0.15, 0.2) is 0 Å². The van der Waals surface area contributed by atoms with Gasteiger partial charge in [0.05, 0.1) is 0 Å². The number of hydrogen-bond acceptors (Lipinski definition) is 3. The highest BCUT2D eigenvalue weighted by atomic mass is 32.1. The molecule has 11 heavy (non-hydrogen) atoms. The Kier molecular flexibility index (Phi) is 4.42. The molecular formula is C8H14O2S. The fourth-order valence-electron chi connectivity index (χ4n) is 1.02. The van der Waals surface area contributed by atoms with Crippen molar-refractivity contribution >= 4 is 24.7 Å². The molecule has 0 fully saturated rings. The Hall–Kier alpha value is -0.310. The summed E-state index contributed by atoms with van der Waals surface area (Å²) in [4.78, 5) is 21.4. The van der Waals surface area contributed by atoms with Crippen LogP contribution in [0.4, 0.5) is 0 Å². The van der Waals surface area contributed by atoms with E-state index in [-0.39, 0.29) is 5.78 Å². The first kappa shape index (κ1) is 10.7. The molecule has 0 saturated heterocycles. The van der Waals surface area contributed by atoms with Crippen molar-refractivity contribution in [2.45, 2.75) is 26.7 Å². The van der Waals surface area contributed by atoms with E-state index in [1.807, 2.05) is 13.8 Å². The molecule has 2 nitrogen and oxygen atoms in total. The van der Waals surface area contributed by atoms with Gasteiger partial charge in [-0.25, -0.2) is 0 Å². The molecular weight excluding hydrogens is 160 g/mol. The number of thiol groups is 1. The highest BCUT2D eigenvalue weighted by Gasteiger charge is 2.32. The molecule has 0 heterocycles. The third-order valence-electron chi connectivity index (χ3n) is 2.29. The molecule has 0 aliphatic heterocycles. The van der Waals surface area contributed by atoms with Gasteiger partial charge in [0.1, 0.15) is 0 Å². The summed E-state index contributed by atoms with van der Waals surface area (Å²) in [5.74, 6) is 0.134. The van der Waals surface area contributed by atoms with Crippen molar-refractivity contribution in [1.82, 2.24) is 0 Å². The van der Waals surface area contributed by atoms with E-state index in [1.165, 1.54) is 0 Å². The standard InChI is InChI=1S/C8H14O2S/c1-3-8(4-2,6-11)7(10)5-9/h5,11H,3-4,6H2,1-2H3. The summed E-state index contributed by atoms with van der Waals surface area (Å²) in [7, 11) is 0. The van der Waals surface area contributed by atoms with Gasteiger partial charge in [-0.3, -0.25) is 9.59 Å². The van der Waals surface area contributed by atoms with Gasteiger partial charge in [-0.2, -0.15) is 12.6 Å². The lowest BCUT2D eigenvalue weighted by atomic mass is 9.81. The van der Waals surface area contributed by atoms with Crippen LogP contribution in [-0.2, 0) is 9.59 Å². The molecule has 0 bridgehead atoms. The van der Waals surface area contributed by atoms with E-state index in [0.717, 1.165) is 0 Å². The van der Waals surface area contributed by atoms with Crippen molar-refractivity contribution in [3.63, 3.8) is 0 Å². The summed E-state index contributed by atoms with van der Waals surface area (Å²) in [6.45, 7) is 3.81. The fraction of sp³-hybridized carbons (Fsp3) is 0.750. The maximum absolute atomic E-state index is 11.1. The molecule has 0 aromatic carbocycles. The highest BCUT2D eigenvalue weighted by molar-refractivity contribution is 7.80. The monoisotopic (exact) mass is 174 g/mol. The van der Waals surface area contributed by atoms with Gasteiger partial charge >= 0.3 is 0 Å². The van der Waals surface area contributed by atoms with Crippen LogP contribution in [0.3, 0.4) is 0 Å². The zero-order chi connectivity index (χ0) is 8.91. The van der Waals surface area contributed by atoms with Gasteiger partial charge in [-0.15, -0.1) is 0 Å². The van der Waals surface area contributed by atoms with Crippen LogP contribution >= 0.6 is 12.6 Å². The number of hydrogen-bond donors (Lipinski definition) is 1. The maximum Gasteiger partial charge on any atom is 0.202 e. The molecule has 0 aromatic heterocycles. The minimum atomic E-state index is -0.509. The van der Waals surface area contributed by atoms with Crippen LogP contribution < -0.4 is 0 Å². The number of carbonyl (C=O) groups excluding carboxylic acids is 2. The Bertz CT molecular complexity index is 142. The average Bonchev–Trinajstić information content (AvgIpc) is 2.08. The summed E-state index contributed by atoms with van der Waals surface area (Å²) in [6, 6.07) is 0. The normalized spacial score (nSPS) is 11.2. The summed E-state index contributed by atoms with van der Waals surface area (Å²) in [6.07, 6.45) is 1.78. The van der Waals surface area contributed by atoms with Crippen LogP contribution in [0.1, 0.15) is 26.7 Å². The predicted molar refractivity (Wildman–Crippen MR) is 47.9 cm³/mol. The minimum absolute atomic E-state index is 0.322. The van der Waals surface area contributed by atoms with Crippen LogP contribution in [0.5, 0.6) is 0 Å². The Balaban J connectivity index is 4.52. The lowest BCUT2D eigenvalue weighted by molar-refractivity contribution is -0.136. The first-order chi connectivity index (χ1) is 5.16. The minimum Gasteiger partial charge on any atom is -0.295 e. The van der Waals surface area contributed by atoms with Crippen molar-refractivity contribution in [2.75, 3.05) is 5.75 Å². The highest BCUT2D eigenvalue weighted by Crippen LogP contribution is 2.27. The van der Waals surface area contributed by atoms with Gasteiger partial charge < -0.3 is 0 Å². The first-order valence-corrected chi connectivity index (χ1v) is 4.40. The van der Waals surface area contributed by atoms with Crippen molar-refractivity contribution < 1.29 is 9.59 Å². The maximum atomic E-state index is 11.1. The number of rotatable bonds is 5.